The summed E-state index contributed by atoms with van der Waals surface area (Å²) in [5.41, 5.74) is 0.0959. The van der Waals surface area contributed by atoms with Crippen LogP contribution in [-0.4, -0.2) is 35.3 Å². The van der Waals surface area contributed by atoms with Crippen molar-refractivity contribution in [3.8, 4) is 0 Å². The molecule has 102 valence electrons. The third kappa shape index (κ3) is 4.28. The van der Waals surface area contributed by atoms with E-state index in [0.29, 0.717) is 4.47 Å². The predicted octanol–water partition coefficient (Wildman–Crippen LogP) is 0.618. The molecule has 0 aromatic carbocycles. The van der Waals surface area contributed by atoms with E-state index in [2.05, 4.69) is 31.5 Å². The molecular weight excluding hydrogens is 320 g/mol. The summed E-state index contributed by atoms with van der Waals surface area (Å²) < 4.78 is 0.343. The lowest BCUT2D eigenvalue weighted by Crippen LogP contribution is -2.29. The highest BCUT2D eigenvalue weighted by atomic mass is 79.9. The van der Waals surface area contributed by atoms with Crippen LogP contribution in [0.15, 0.2) is 16.7 Å². The predicted molar refractivity (Wildman–Crippen MR) is 69.6 cm³/mol. The summed E-state index contributed by atoms with van der Waals surface area (Å²) >= 11 is 3.09. The molecule has 1 rings (SSSR count). The zero-order valence-corrected chi connectivity index (χ0v) is 11.6. The minimum Gasteiger partial charge on any atom is -0.359 e. The van der Waals surface area contributed by atoms with Gasteiger partial charge in [0.1, 0.15) is 0 Å². The van der Waals surface area contributed by atoms with E-state index in [1.54, 1.807) is 0 Å². The molecule has 9 heteroatoms. The fourth-order valence-corrected chi connectivity index (χ4v) is 1.61. The van der Waals surface area contributed by atoms with Gasteiger partial charge in [0.15, 0.2) is 6.20 Å². The number of hydrogen-bond donors (Lipinski definition) is 2. The zero-order chi connectivity index (χ0) is 14.4. The molecular formula is C10H11BrN4O4. The van der Waals surface area contributed by atoms with Crippen LogP contribution in [0.5, 0.6) is 0 Å². The van der Waals surface area contributed by atoms with E-state index >= 15 is 0 Å². The van der Waals surface area contributed by atoms with Crippen molar-refractivity contribution < 1.29 is 14.5 Å². The van der Waals surface area contributed by atoms with Crippen molar-refractivity contribution in [3.05, 3.63) is 32.4 Å². The van der Waals surface area contributed by atoms with E-state index in [0.717, 1.165) is 6.07 Å². The van der Waals surface area contributed by atoms with Gasteiger partial charge in [-0.15, -0.1) is 0 Å². The van der Waals surface area contributed by atoms with Gasteiger partial charge in [-0.3, -0.25) is 9.59 Å². The van der Waals surface area contributed by atoms with E-state index in [-0.39, 0.29) is 24.4 Å². The molecule has 1 heterocycles. The average Bonchev–Trinajstić information content (AvgIpc) is 2.38. The van der Waals surface area contributed by atoms with Gasteiger partial charge >= 0.3 is 5.82 Å². The monoisotopic (exact) mass is 330 g/mol. The number of aromatic nitrogens is 1. The molecule has 0 spiro atoms. The number of nitro groups is 1. The number of nitrogens with one attached hydrogen (secondary N) is 2. The Balaban J connectivity index is 2.73. The van der Waals surface area contributed by atoms with Gasteiger partial charge in [-0.1, -0.05) is 0 Å². The van der Waals surface area contributed by atoms with Crippen molar-refractivity contribution in [3.63, 3.8) is 0 Å². The van der Waals surface area contributed by atoms with Gasteiger partial charge in [0.05, 0.1) is 10.0 Å². The maximum Gasteiger partial charge on any atom is 0.364 e. The highest BCUT2D eigenvalue weighted by molar-refractivity contribution is 9.10. The molecule has 0 aliphatic carbocycles. The van der Waals surface area contributed by atoms with Crippen LogP contribution in [0.1, 0.15) is 16.8 Å². The standard InChI is InChI=1S/C10H11BrN4O4/c1-12-9(16)2-3-13-10(17)6-4-8(15(18)19)14-5-7(6)11/h4-5H,2-3H2,1H3,(H,12,16)(H,13,17). The lowest BCUT2D eigenvalue weighted by molar-refractivity contribution is -0.389. The topological polar surface area (TPSA) is 114 Å². The molecule has 0 aliphatic rings. The smallest absolute Gasteiger partial charge is 0.359 e. The zero-order valence-electron chi connectivity index (χ0n) is 9.97. The second-order valence-electron chi connectivity index (χ2n) is 3.46. The summed E-state index contributed by atoms with van der Waals surface area (Å²) in [5.74, 6) is -1.14. The molecule has 2 N–H and O–H groups in total. The summed E-state index contributed by atoms with van der Waals surface area (Å²) in [7, 11) is 1.49. The maximum atomic E-state index is 11.8. The molecule has 0 bridgehead atoms. The van der Waals surface area contributed by atoms with Gasteiger partial charge in [0, 0.05) is 26.1 Å². The number of hydrogen-bond acceptors (Lipinski definition) is 5. The third-order valence-corrected chi connectivity index (χ3v) is 2.82. The molecule has 0 aliphatic heterocycles. The second-order valence-corrected chi connectivity index (χ2v) is 4.31. The molecule has 0 radical (unpaired) electrons. The normalized spacial score (nSPS) is 9.79. The average molecular weight is 331 g/mol. The quantitative estimate of drug-likeness (QED) is 0.606. The van der Waals surface area contributed by atoms with Crippen molar-refractivity contribution >= 4 is 33.6 Å². The minimum atomic E-state index is -0.687. The van der Waals surface area contributed by atoms with Gasteiger partial charge in [0.2, 0.25) is 5.91 Å². The SMILES string of the molecule is CNC(=O)CCNC(=O)c1cc([N+](=O)[O-])ncc1Br. The molecule has 1 aromatic heterocycles. The van der Waals surface area contributed by atoms with Crippen molar-refractivity contribution in [2.24, 2.45) is 0 Å². The first-order chi connectivity index (χ1) is 8.95. The highest BCUT2D eigenvalue weighted by Crippen LogP contribution is 2.19. The van der Waals surface area contributed by atoms with Crippen LogP contribution in [-0.2, 0) is 4.79 Å². The van der Waals surface area contributed by atoms with Crippen molar-refractivity contribution in [2.75, 3.05) is 13.6 Å². The van der Waals surface area contributed by atoms with Crippen molar-refractivity contribution in [2.45, 2.75) is 6.42 Å². The molecule has 1 aromatic rings. The third-order valence-electron chi connectivity index (χ3n) is 2.19. The first-order valence-electron chi connectivity index (χ1n) is 5.24. The van der Waals surface area contributed by atoms with Crippen LogP contribution in [0.4, 0.5) is 5.82 Å². The van der Waals surface area contributed by atoms with Crippen LogP contribution >= 0.6 is 15.9 Å². The van der Waals surface area contributed by atoms with Crippen LogP contribution in [0, 0.1) is 10.1 Å². The van der Waals surface area contributed by atoms with E-state index in [1.165, 1.54) is 13.2 Å². The number of nitrogens with zero attached hydrogens (tertiary/aromatic N) is 2. The first kappa shape index (κ1) is 15.0. The first-order valence-corrected chi connectivity index (χ1v) is 6.03. The number of pyridine rings is 1. The van der Waals surface area contributed by atoms with E-state index in [4.69, 9.17) is 0 Å². The number of rotatable bonds is 5. The Morgan fingerprint density at radius 1 is 1.53 bits per heavy atom. The molecule has 0 unspecified atom stereocenters. The van der Waals surface area contributed by atoms with Gasteiger partial charge in [0.25, 0.3) is 5.91 Å². The second kappa shape index (κ2) is 6.78. The van der Waals surface area contributed by atoms with Crippen molar-refractivity contribution in [1.29, 1.82) is 0 Å². The van der Waals surface area contributed by atoms with Gasteiger partial charge in [-0.2, -0.15) is 0 Å². The van der Waals surface area contributed by atoms with Gasteiger partial charge < -0.3 is 20.7 Å². The van der Waals surface area contributed by atoms with Crippen molar-refractivity contribution in [1.82, 2.24) is 15.6 Å². The van der Waals surface area contributed by atoms with Crippen LogP contribution in [0.25, 0.3) is 0 Å². The molecule has 0 fully saturated rings. The summed E-state index contributed by atoms with van der Waals surface area (Å²) in [4.78, 5) is 36.2. The summed E-state index contributed by atoms with van der Waals surface area (Å²) in [6, 6.07) is 1.07. The summed E-state index contributed by atoms with van der Waals surface area (Å²) in [6.45, 7) is 0.140. The van der Waals surface area contributed by atoms with E-state index in [9.17, 15) is 19.7 Å². The Kier molecular flexibility index (Phi) is 5.37. The fraction of sp³-hybridized carbons (Fsp3) is 0.300. The Morgan fingerprint density at radius 3 is 2.79 bits per heavy atom. The number of halogens is 1. The summed E-state index contributed by atoms with van der Waals surface area (Å²) in [5, 5.41) is 15.5. The number of carbonyl (C=O) groups is 2. The van der Waals surface area contributed by atoms with Gasteiger partial charge in [-0.25, -0.2) is 0 Å². The Labute approximate surface area is 116 Å². The minimum absolute atomic E-state index is 0.0959. The Hall–Kier alpha value is -2.03. The molecule has 0 atom stereocenters. The molecule has 2 amide bonds. The van der Waals surface area contributed by atoms with E-state index < -0.39 is 16.6 Å². The highest BCUT2D eigenvalue weighted by Gasteiger charge is 2.17. The largest absolute Gasteiger partial charge is 0.364 e. The molecule has 19 heavy (non-hydrogen) atoms. The maximum absolute atomic E-state index is 11.8. The Bertz CT molecular complexity index is 520. The fourth-order valence-electron chi connectivity index (χ4n) is 1.21. The van der Waals surface area contributed by atoms with Crippen LogP contribution < -0.4 is 10.6 Å². The molecule has 0 saturated heterocycles. The molecule has 8 nitrogen and oxygen atoms in total. The number of amides is 2. The summed E-state index contributed by atoms with van der Waals surface area (Å²) in [6.07, 6.45) is 1.32. The lowest BCUT2D eigenvalue weighted by Gasteiger charge is -2.05. The number of carbonyl (C=O) groups excluding carboxylic acids is 2. The van der Waals surface area contributed by atoms with Gasteiger partial charge in [-0.05, 0) is 25.8 Å². The van der Waals surface area contributed by atoms with Crippen LogP contribution in [0.2, 0.25) is 0 Å². The lowest BCUT2D eigenvalue weighted by atomic mass is 10.2. The van der Waals surface area contributed by atoms with Crippen LogP contribution in [0.3, 0.4) is 0 Å². The molecule has 0 saturated carbocycles. The Morgan fingerprint density at radius 2 is 2.21 bits per heavy atom. The van der Waals surface area contributed by atoms with E-state index in [1.807, 2.05) is 0 Å².